The summed E-state index contributed by atoms with van der Waals surface area (Å²) in [7, 11) is -21.3. The summed E-state index contributed by atoms with van der Waals surface area (Å²) in [4.78, 5) is 0. The summed E-state index contributed by atoms with van der Waals surface area (Å²) in [6.07, 6.45) is 0.191. The van der Waals surface area contributed by atoms with Gasteiger partial charge in [0.25, 0.3) is 0 Å². The lowest BCUT2D eigenvalue weighted by Crippen LogP contribution is -2.28. The molecule has 0 bridgehead atoms. The van der Waals surface area contributed by atoms with Crippen molar-refractivity contribution in [3.8, 4) is 23.0 Å². The molecule has 0 unspecified atom stereocenters. The quantitative estimate of drug-likeness (QED) is 0.251. The van der Waals surface area contributed by atoms with E-state index < -0.39 is 80.8 Å². The third-order valence-electron chi connectivity index (χ3n) is 7.14. The third kappa shape index (κ3) is 6.89. The topological polar surface area (TPSA) is 254 Å². The first-order valence-corrected chi connectivity index (χ1v) is 20.3. The molecule has 0 aromatic heterocycles. The zero-order valence-electron chi connectivity index (χ0n) is 22.7. The van der Waals surface area contributed by atoms with Crippen molar-refractivity contribution < 1.29 is 68.6 Å². The van der Waals surface area contributed by atoms with Crippen LogP contribution in [0.3, 0.4) is 0 Å². The molecule has 4 rings (SSSR count). The SMILES string of the molecule is CC1(C)CC2(CC(C)(C)c3c(Br)c(OS(=O)(=O)O)c(OS(=O)(=O)O)c(Br)c32)c2c(Br)c(OS(=O)(=O)O)c(OS(=O)(=O)O)c(Br)c21. The molecule has 24 heteroatoms. The number of benzene rings is 2. The minimum absolute atomic E-state index is 0.0957. The molecule has 0 amide bonds. The predicted octanol–water partition coefficient (Wildman–Crippen LogP) is 5.11. The van der Waals surface area contributed by atoms with Crippen molar-refractivity contribution in [2.45, 2.75) is 56.8 Å². The Kier molecular flexibility index (Phi) is 9.14. The Morgan fingerprint density at radius 2 is 0.667 bits per heavy atom. The Morgan fingerprint density at radius 1 is 0.467 bits per heavy atom. The van der Waals surface area contributed by atoms with Crippen molar-refractivity contribution in [1.29, 1.82) is 0 Å². The molecule has 0 saturated heterocycles. The largest absolute Gasteiger partial charge is 0.446 e. The van der Waals surface area contributed by atoms with Crippen LogP contribution in [-0.4, -0.2) is 51.9 Å². The Morgan fingerprint density at radius 3 is 0.867 bits per heavy atom. The fraction of sp³-hybridized carbons (Fsp3) is 0.429. The molecule has 45 heavy (non-hydrogen) atoms. The lowest BCUT2D eigenvalue weighted by atomic mass is 9.72. The van der Waals surface area contributed by atoms with Crippen molar-refractivity contribution in [3.63, 3.8) is 0 Å². The zero-order valence-corrected chi connectivity index (χ0v) is 32.4. The molecule has 0 radical (unpaired) electrons. The van der Waals surface area contributed by atoms with Crippen molar-refractivity contribution in [2.75, 3.05) is 0 Å². The minimum Gasteiger partial charge on any atom is -0.356 e. The highest BCUT2D eigenvalue weighted by Gasteiger charge is 2.61. The average molecular weight is 976 g/mol. The van der Waals surface area contributed by atoms with E-state index in [1.807, 2.05) is 0 Å². The molecular weight excluding hydrogens is 956 g/mol. The summed E-state index contributed by atoms with van der Waals surface area (Å²) in [6.45, 7) is 6.88. The molecule has 16 nitrogen and oxygen atoms in total. The van der Waals surface area contributed by atoms with Crippen LogP contribution in [0.5, 0.6) is 23.0 Å². The first-order valence-electron chi connectivity index (χ1n) is 11.7. The van der Waals surface area contributed by atoms with E-state index in [2.05, 4.69) is 72.1 Å². The van der Waals surface area contributed by atoms with Gasteiger partial charge >= 0.3 is 41.6 Å². The van der Waals surface area contributed by atoms with Gasteiger partial charge in [-0.3, -0.25) is 18.2 Å². The highest BCUT2D eigenvalue weighted by atomic mass is 79.9. The van der Waals surface area contributed by atoms with Crippen molar-refractivity contribution in [2.24, 2.45) is 0 Å². The fourth-order valence-electron chi connectivity index (χ4n) is 6.41. The highest BCUT2D eigenvalue weighted by molar-refractivity contribution is 9.11. The van der Waals surface area contributed by atoms with Crippen LogP contribution >= 0.6 is 63.7 Å². The van der Waals surface area contributed by atoms with Crippen molar-refractivity contribution in [3.05, 3.63) is 40.1 Å². The van der Waals surface area contributed by atoms with Crippen LogP contribution in [0.1, 0.15) is 62.8 Å². The van der Waals surface area contributed by atoms with E-state index in [1.54, 1.807) is 27.7 Å². The van der Waals surface area contributed by atoms with Crippen LogP contribution < -0.4 is 16.7 Å². The molecule has 2 aromatic carbocycles. The molecule has 1 spiro atoms. The van der Waals surface area contributed by atoms with Gasteiger partial charge in [0.2, 0.25) is 23.0 Å². The number of rotatable bonds is 8. The molecule has 0 heterocycles. The second-order valence-corrected chi connectivity index (χ2v) is 18.6. The van der Waals surface area contributed by atoms with Gasteiger partial charge in [0.1, 0.15) is 0 Å². The third-order valence-corrected chi connectivity index (χ3v) is 11.7. The maximum Gasteiger partial charge on any atom is 0.446 e. The first kappa shape index (κ1) is 37.0. The first-order chi connectivity index (χ1) is 19.9. The molecule has 0 atom stereocenters. The van der Waals surface area contributed by atoms with Crippen LogP contribution in [0.15, 0.2) is 17.9 Å². The van der Waals surface area contributed by atoms with E-state index in [0.717, 1.165) is 0 Å². The molecule has 0 saturated carbocycles. The average Bonchev–Trinajstić information content (AvgIpc) is 3.16. The Hall–Kier alpha value is -0.800. The second kappa shape index (κ2) is 11.1. The Balaban J connectivity index is 2.27. The van der Waals surface area contributed by atoms with E-state index in [9.17, 15) is 51.9 Å². The van der Waals surface area contributed by atoms with Crippen molar-refractivity contribution in [1.82, 2.24) is 0 Å². The summed E-state index contributed by atoms with van der Waals surface area (Å²) < 4.78 is 151. The monoisotopic (exact) mass is 972 g/mol. The van der Waals surface area contributed by atoms with Crippen LogP contribution in [0.4, 0.5) is 0 Å². The van der Waals surface area contributed by atoms with Gasteiger partial charge in [-0.05, 0) is 110 Å². The lowest BCUT2D eigenvalue weighted by Gasteiger charge is -2.32. The molecular formula is C21H20Br4O16S4. The smallest absolute Gasteiger partial charge is 0.356 e. The van der Waals surface area contributed by atoms with E-state index in [1.165, 1.54) is 0 Å². The fourth-order valence-corrected chi connectivity index (χ4v) is 12.0. The summed E-state index contributed by atoms with van der Waals surface area (Å²) in [5, 5.41) is 0. The maximum atomic E-state index is 11.9. The number of hydrogen-bond acceptors (Lipinski definition) is 12. The molecule has 4 N–H and O–H groups in total. The number of fused-ring (bicyclic) bond motifs is 4. The van der Waals surface area contributed by atoms with Gasteiger partial charge in [-0.15, -0.1) is 0 Å². The van der Waals surface area contributed by atoms with Crippen LogP contribution in [0, 0.1) is 0 Å². The van der Waals surface area contributed by atoms with Crippen LogP contribution in [0.25, 0.3) is 0 Å². The Bertz CT molecular complexity index is 1960. The number of halogens is 4. The highest BCUT2D eigenvalue weighted by Crippen LogP contribution is 2.71. The summed E-state index contributed by atoms with van der Waals surface area (Å²) in [5.41, 5.74) is -2.31. The van der Waals surface area contributed by atoms with Crippen LogP contribution in [0.2, 0.25) is 0 Å². The predicted molar refractivity (Wildman–Crippen MR) is 168 cm³/mol. The number of hydrogen-bond donors (Lipinski definition) is 4. The maximum absolute atomic E-state index is 11.9. The van der Waals surface area contributed by atoms with Gasteiger partial charge in [0, 0.05) is 5.41 Å². The van der Waals surface area contributed by atoms with Gasteiger partial charge in [-0.1, -0.05) is 27.7 Å². The molecule has 0 aliphatic heterocycles. The Labute approximate surface area is 291 Å². The van der Waals surface area contributed by atoms with E-state index in [4.69, 9.17) is 8.37 Å². The molecule has 0 fully saturated rings. The van der Waals surface area contributed by atoms with Gasteiger partial charge < -0.3 is 16.7 Å². The molecule has 2 aliphatic carbocycles. The molecule has 2 aliphatic rings. The van der Waals surface area contributed by atoms with Crippen molar-refractivity contribution >= 4 is 105 Å². The van der Waals surface area contributed by atoms with E-state index in [-0.39, 0.29) is 53.0 Å². The van der Waals surface area contributed by atoms with Crippen LogP contribution in [-0.2, 0) is 57.8 Å². The standard InChI is InChI=1S/C21H20Br4O16S4/c1-19(2)5-21(9-7(19)11(22)15(38-42(26,27)28)17(13(9)24)40-44(32,33)34)6-20(3,4)8-10(21)14(25)18(41-45(35,36)37)16(12(8)23)39-43(29,30)31/h5-6H2,1-4H3,(H,26,27,28)(H,29,30,31)(H,32,33,34)(H,35,36,37). The molecule has 252 valence electrons. The summed E-state index contributed by atoms with van der Waals surface area (Å²) in [5.74, 6) is -3.51. The zero-order chi connectivity index (χ0) is 34.7. The van der Waals surface area contributed by atoms with Gasteiger partial charge in [-0.25, -0.2) is 0 Å². The van der Waals surface area contributed by atoms with E-state index in [0.29, 0.717) is 0 Å². The minimum atomic E-state index is -5.36. The molecule has 2 aromatic rings. The van der Waals surface area contributed by atoms with E-state index >= 15 is 0 Å². The lowest BCUT2D eigenvalue weighted by molar-refractivity contribution is 0.346. The van der Waals surface area contributed by atoms with Gasteiger partial charge in [-0.2, -0.15) is 33.7 Å². The summed E-state index contributed by atoms with van der Waals surface area (Å²) >= 11 is 13.0. The summed E-state index contributed by atoms with van der Waals surface area (Å²) in [6, 6.07) is 0. The van der Waals surface area contributed by atoms with Gasteiger partial charge in [0.15, 0.2) is 0 Å². The van der Waals surface area contributed by atoms with Gasteiger partial charge in [0.05, 0.1) is 17.9 Å². The normalized spacial score (nSPS) is 18.4. The second-order valence-electron chi connectivity index (χ2n) is 11.3.